The van der Waals surface area contributed by atoms with E-state index < -0.39 is 0 Å². The third-order valence-electron chi connectivity index (χ3n) is 2.72. The van der Waals surface area contributed by atoms with Crippen LogP contribution in [0.1, 0.15) is 32.7 Å². The van der Waals surface area contributed by atoms with E-state index in [9.17, 15) is 9.59 Å². The molecule has 2 rings (SSSR count). The molecule has 0 aliphatic rings. The van der Waals surface area contributed by atoms with E-state index in [2.05, 4.69) is 5.10 Å². The van der Waals surface area contributed by atoms with Crippen LogP contribution in [0.15, 0.2) is 36.7 Å². The summed E-state index contributed by atoms with van der Waals surface area (Å²) < 4.78 is 1.55. The van der Waals surface area contributed by atoms with Crippen LogP contribution >= 0.6 is 0 Å². The lowest BCUT2D eigenvalue weighted by Gasteiger charge is -2.00. The smallest absolute Gasteiger partial charge is 0.173 e. The van der Waals surface area contributed by atoms with Crippen LogP contribution in [-0.4, -0.2) is 21.3 Å². The molecular weight excluding hydrogens is 228 g/mol. The Morgan fingerprint density at radius 1 is 1.11 bits per heavy atom. The van der Waals surface area contributed by atoms with Crippen molar-refractivity contribution >= 4 is 11.6 Å². The Labute approximate surface area is 105 Å². The van der Waals surface area contributed by atoms with Crippen LogP contribution in [0.4, 0.5) is 0 Å². The Morgan fingerprint density at radius 3 is 2.28 bits per heavy atom. The number of ketones is 2. The molecule has 1 aromatic carbocycles. The summed E-state index contributed by atoms with van der Waals surface area (Å²) in [7, 11) is 1.73. The van der Waals surface area contributed by atoms with E-state index in [-0.39, 0.29) is 18.0 Å². The van der Waals surface area contributed by atoms with Gasteiger partial charge in [-0.2, -0.15) is 5.10 Å². The molecule has 0 unspecified atom stereocenters. The van der Waals surface area contributed by atoms with Crippen molar-refractivity contribution in [3.63, 3.8) is 0 Å². The van der Waals surface area contributed by atoms with Crippen molar-refractivity contribution in [2.24, 2.45) is 7.05 Å². The fourth-order valence-electron chi connectivity index (χ4n) is 1.65. The van der Waals surface area contributed by atoms with Crippen molar-refractivity contribution in [3.05, 3.63) is 53.3 Å². The zero-order chi connectivity index (χ0) is 13.1. The molecule has 0 saturated carbocycles. The first-order valence-corrected chi connectivity index (χ1v) is 5.68. The monoisotopic (exact) mass is 242 g/mol. The molecule has 92 valence electrons. The minimum absolute atomic E-state index is 0.116. The van der Waals surface area contributed by atoms with Crippen molar-refractivity contribution in [3.8, 4) is 0 Å². The summed E-state index contributed by atoms with van der Waals surface area (Å²) >= 11 is 0. The topological polar surface area (TPSA) is 52.0 Å². The third-order valence-corrected chi connectivity index (χ3v) is 2.72. The fourth-order valence-corrected chi connectivity index (χ4v) is 1.65. The first kappa shape index (κ1) is 12.2. The van der Waals surface area contributed by atoms with Gasteiger partial charge in [0, 0.05) is 18.8 Å². The molecule has 1 aromatic heterocycles. The summed E-state index contributed by atoms with van der Waals surface area (Å²) in [5.41, 5.74) is 2.13. The zero-order valence-electron chi connectivity index (χ0n) is 10.4. The van der Waals surface area contributed by atoms with Crippen LogP contribution in [0, 0.1) is 6.92 Å². The number of carbonyl (C=O) groups is 2. The molecule has 0 atom stereocenters. The molecular formula is C14H14N2O2. The maximum Gasteiger partial charge on any atom is 0.173 e. The molecule has 4 nitrogen and oxygen atoms in total. The summed E-state index contributed by atoms with van der Waals surface area (Å²) in [6, 6.07) is 7.21. The van der Waals surface area contributed by atoms with E-state index in [0.29, 0.717) is 11.1 Å². The predicted molar refractivity (Wildman–Crippen MR) is 67.7 cm³/mol. The summed E-state index contributed by atoms with van der Waals surface area (Å²) in [5, 5.41) is 3.91. The van der Waals surface area contributed by atoms with Gasteiger partial charge in [0.2, 0.25) is 0 Å². The molecule has 0 radical (unpaired) electrons. The number of rotatable bonds is 4. The molecule has 0 saturated heterocycles. The van der Waals surface area contributed by atoms with Crippen LogP contribution in [-0.2, 0) is 7.05 Å². The van der Waals surface area contributed by atoms with Crippen LogP contribution in [0.5, 0.6) is 0 Å². The Bertz CT molecular complexity index is 582. The van der Waals surface area contributed by atoms with Gasteiger partial charge >= 0.3 is 0 Å². The number of hydrogen-bond donors (Lipinski definition) is 0. The second kappa shape index (κ2) is 4.96. The van der Waals surface area contributed by atoms with Crippen LogP contribution in [0.2, 0.25) is 0 Å². The van der Waals surface area contributed by atoms with Crippen molar-refractivity contribution in [1.29, 1.82) is 0 Å². The van der Waals surface area contributed by atoms with Gasteiger partial charge < -0.3 is 0 Å². The Morgan fingerprint density at radius 2 is 1.72 bits per heavy atom. The number of carbonyl (C=O) groups excluding carboxylic acids is 2. The van der Waals surface area contributed by atoms with Gasteiger partial charge in [-0.25, -0.2) is 0 Å². The second-order valence-corrected chi connectivity index (χ2v) is 4.29. The molecule has 0 bridgehead atoms. The van der Waals surface area contributed by atoms with E-state index >= 15 is 0 Å². The highest BCUT2D eigenvalue weighted by atomic mass is 16.1. The Kier molecular flexibility index (Phi) is 3.37. The summed E-state index contributed by atoms with van der Waals surface area (Å²) in [6.07, 6.45) is 2.98. The Balaban J connectivity index is 2.08. The van der Waals surface area contributed by atoms with Gasteiger partial charge in [0.15, 0.2) is 11.6 Å². The first-order chi connectivity index (χ1) is 8.56. The molecule has 2 aromatic rings. The van der Waals surface area contributed by atoms with Crippen molar-refractivity contribution in [1.82, 2.24) is 9.78 Å². The van der Waals surface area contributed by atoms with E-state index in [1.165, 1.54) is 6.20 Å². The molecule has 0 spiro atoms. The molecule has 4 heteroatoms. The van der Waals surface area contributed by atoms with Gasteiger partial charge in [-0.05, 0) is 6.92 Å². The lowest BCUT2D eigenvalue weighted by atomic mass is 10.0. The average molecular weight is 242 g/mol. The highest BCUT2D eigenvalue weighted by Gasteiger charge is 2.14. The van der Waals surface area contributed by atoms with Gasteiger partial charge in [-0.15, -0.1) is 0 Å². The lowest BCUT2D eigenvalue weighted by Crippen LogP contribution is -2.08. The molecule has 0 N–H and O–H groups in total. The minimum Gasteiger partial charge on any atom is -0.294 e. The zero-order valence-corrected chi connectivity index (χ0v) is 10.4. The average Bonchev–Trinajstić information content (AvgIpc) is 2.76. The number of aryl methyl sites for hydroxylation is 2. The van der Waals surface area contributed by atoms with Crippen molar-refractivity contribution < 1.29 is 9.59 Å². The Hall–Kier alpha value is -2.23. The predicted octanol–water partition coefficient (Wildman–Crippen LogP) is 2.18. The van der Waals surface area contributed by atoms with Crippen LogP contribution < -0.4 is 0 Å². The molecule has 0 aliphatic heterocycles. The van der Waals surface area contributed by atoms with Crippen LogP contribution in [0.3, 0.4) is 0 Å². The number of Topliss-reactive ketones (excluding diaryl/α,β-unsaturated/α-hetero) is 2. The number of hydrogen-bond acceptors (Lipinski definition) is 3. The molecule has 18 heavy (non-hydrogen) atoms. The second-order valence-electron chi connectivity index (χ2n) is 4.29. The molecule has 0 aliphatic carbocycles. The van der Waals surface area contributed by atoms with E-state index in [1.54, 1.807) is 30.1 Å². The normalized spacial score (nSPS) is 10.3. The van der Waals surface area contributed by atoms with Gasteiger partial charge in [0.05, 0.1) is 18.2 Å². The highest BCUT2D eigenvalue weighted by Crippen LogP contribution is 2.09. The van der Waals surface area contributed by atoms with E-state index in [4.69, 9.17) is 0 Å². The summed E-state index contributed by atoms with van der Waals surface area (Å²) in [5.74, 6) is -0.363. The van der Waals surface area contributed by atoms with Crippen molar-refractivity contribution in [2.75, 3.05) is 0 Å². The lowest BCUT2D eigenvalue weighted by molar-refractivity contribution is 0.0894. The first-order valence-electron chi connectivity index (χ1n) is 5.68. The number of nitrogens with zero attached hydrogens (tertiary/aromatic N) is 2. The van der Waals surface area contributed by atoms with E-state index in [1.807, 2.05) is 19.1 Å². The maximum absolute atomic E-state index is 11.9. The van der Waals surface area contributed by atoms with Gasteiger partial charge in [0.1, 0.15) is 0 Å². The van der Waals surface area contributed by atoms with Crippen molar-refractivity contribution in [2.45, 2.75) is 13.3 Å². The van der Waals surface area contributed by atoms with Crippen LogP contribution in [0.25, 0.3) is 0 Å². The SMILES string of the molecule is Cc1ccc(C(=O)CC(=O)c2cnn(C)c2)cc1. The number of aromatic nitrogens is 2. The number of benzene rings is 1. The summed E-state index contributed by atoms with van der Waals surface area (Å²) in [4.78, 5) is 23.7. The molecule has 1 heterocycles. The largest absolute Gasteiger partial charge is 0.294 e. The van der Waals surface area contributed by atoms with Gasteiger partial charge in [0.25, 0.3) is 0 Å². The highest BCUT2D eigenvalue weighted by molar-refractivity contribution is 6.13. The summed E-state index contributed by atoms with van der Waals surface area (Å²) in [6.45, 7) is 1.95. The fraction of sp³-hybridized carbons (Fsp3) is 0.214. The quantitative estimate of drug-likeness (QED) is 0.610. The maximum atomic E-state index is 11.9. The van der Waals surface area contributed by atoms with Gasteiger partial charge in [-0.1, -0.05) is 29.8 Å². The van der Waals surface area contributed by atoms with E-state index in [0.717, 1.165) is 5.56 Å². The third kappa shape index (κ3) is 2.71. The molecule has 0 fully saturated rings. The molecule has 0 amide bonds. The van der Waals surface area contributed by atoms with Gasteiger partial charge in [-0.3, -0.25) is 14.3 Å². The minimum atomic E-state index is -0.200. The standard InChI is InChI=1S/C14H14N2O2/c1-10-3-5-11(6-4-10)13(17)7-14(18)12-8-15-16(2)9-12/h3-6,8-9H,7H2,1-2H3.